The molecule has 0 amide bonds. The number of nitrogens with zero attached hydrogens (tertiary/aromatic N) is 1. The maximum Gasteiger partial charge on any atom is 0.186 e. The summed E-state index contributed by atoms with van der Waals surface area (Å²) >= 11 is 3.51. The topological polar surface area (TPSA) is 50.1 Å². The number of hydrogen-bond acceptors (Lipinski definition) is 3. The summed E-state index contributed by atoms with van der Waals surface area (Å²) in [6.07, 6.45) is 0. The smallest absolute Gasteiger partial charge is 0.186 e. The first kappa shape index (κ1) is 15.7. The third-order valence-corrected chi connectivity index (χ3v) is 4.63. The van der Waals surface area contributed by atoms with E-state index in [1.807, 2.05) is 20.8 Å². The van der Waals surface area contributed by atoms with Crippen molar-refractivity contribution < 1.29 is 9.53 Å². The van der Waals surface area contributed by atoms with Gasteiger partial charge in [0.25, 0.3) is 0 Å². The highest BCUT2D eigenvalue weighted by atomic mass is 79.9. The summed E-state index contributed by atoms with van der Waals surface area (Å²) in [6, 6.07) is 2.05. The van der Waals surface area contributed by atoms with E-state index in [1.54, 1.807) is 21.0 Å². The summed E-state index contributed by atoms with van der Waals surface area (Å²) in [5.41, 5.74) is 2.19. The second-order valence-electron chi connectivity index (χ2n) is 5.16. The van der Waals surface area contributed by atoms with Gasteiger partial charge in [-0.3, -0.25) is 4.79 Å². The van der Waals surface area contributed by atoms with Crippen molar-refractivity contribution in [3.8, 4) is 11.8 Å². The number of benzene rings is 1. The SMILES string of the molecule is COc1c(C)c(C)c(Br)c(C)c1C(=O)C(C)(C)C#N. The Hall–Kier alpha value is -1.34. The van der Waals surface area contributed by atoms with Crippen LogP contribution in [-0.4, -0.2) is 12.9 Å². The number of carbonyl (C=O) groups excluding carboxylic acids is 1. The molecule has 4 heteroatoms. The Balaban J connectivity index is 3.71. The zero-order valence-electron chi connectivity index (χ0n) is 12.1. The van der Waals surface area contributed by atoms with Crippen molar-refractivity contribution in [3.05, 3.63) is 26.7 Å². The predicted molar refractivity (Wildman–Crippen MR) is 78.6 cm³/mol. The van der Waals surface area contributed by atoms with Gasteiger partial charge in [-0.05, 0) is 51.3 Å². The molecular formula is C15H18BrNO2. The minimum atomic E-state index is -1.07. The van der Waals surface area contributed by atoms with E-state index in [0.29, 0.717) is 11.3 Å². The molecule has 0 aliphatic rings. The Kier molecular flexibility index (Phi) is 4.42. The van der Waals surface area contributed by atoms with Crippen molar-refractivity contribution in [1.29, 1.82) is 5.26 Å². The van der Waals surface area contributed by atoms with Gasteiger partial charge in [0.2, 0.25) is 0 Å². The molecule has 0 radical (unpaired) electrons. The van der Waals surface area contributed by atoms with Crippen molar-refractivity contribution in [2.45, 2.75) is 34.6 Å². The van der Waals surface area contributed by atoms with E-state index in [9.17, 15) is 4.79 Å². The van der Waals surface area contributed by atoms with E-state index in [-0.39, 0.29) is 5.78 Å². The molecule has 0 fully saturated rings. The highest BCUT2D eigenvalue weighted by Crippen LogP contribution is 2.38. The van der Waals surface area contributed by atoms with Crippen LogP contribution in [0, 0.1) is 37.5 Å². The molecule has 0 aliphatic heterocycles. The van der Waals surface area contributed by atoms with Crippen LogP contribution in [0.5, 0.6) is 5.75 Å². The van der Waals surface area contributed by atoms with Gasteiger partial charge in [0.05, 0.1) is 18.7 Å². The largest absolute Gasteiger partial charge is 0.496 e. The molecule has 102 valence electrons. The van der Waals surface area contributed by atoms with Crippen LogP contribution in [0.3, 0.4) is 0 Å². The molecule has 19 heavy (non-hydrogen) atoms. The fourth-order valence-corrected chi connectivity index (χ4v) is 2.47. The normalized spacial score (nSPS) is 11.1. The number of halogens is 1. The Morgan fingerprint density at radius 2 is 1.74 bits per heavy atom. The molecule has 1 aromatic rings. The molecule has 0 bridgehead atoms. The lowest BCUT2D eigenvalue weighted by atomic mass is 9.82. The molecule has 0 aliphatic carbocycles. The summed E-state index contributed by atoms with van der Waals surface area (Å²) in [5, 5.41) is 9.15. The first-order valence-electron chi connectivity index (χ1n) is 5.98. The molecule has 0 aromatic heterocycles. The Labute approximate surface area is 122 Å². The second kappa shape index (κ2) is 5.34. The molecule has 0 atom stereocenters. The second-order valence-corrected chi connectivity index (χ2v) is 5.96. The van der Waals surface area contributed by atoms with Crippen LogP contribution in [-0.2, 0) is 0 Å². The number of ketones is 1. The number of hydrogen-bond donors (Lipinski definition) is 0. The number of carbonyl (C=O) groups is 1. The van der Waals surface area contributed by atoms with Gasteiger partial charge in [0.1, 0.15) is 11.2 Å². The zero-order chi connectivity index (χ0) is 15.0. The lowest BCUT2D eigenvalue weighted by Gasteiger charge is -2.22. The van der Waals surface area contributed by atoms with Gasteiger partial charge in [-0.15, -0.1) is 0 Å². The predicted octanol–water partition coefficient (Wildman–Crippen LogP) is 4.12. The summed E-state index contributed by atoms with van der Waals surface area (Å²) in [7, 11) is 1.55. The van der Waals surface area contributed by atoms with Crippen molar-refractivity contribution in [2.75, 3.05) is 7.11 Å². The average Bonchev–Trinajstić information content (AvgIpc) is 2.39. The Morgan fingerprint density at radius 1 is 1.21 bits per heavy atom. The van der Waals surface area contributed by atoms with Crippen LogP contribution in [0.4, 0.5) is 0 Å². The van der Waals surface area contributed by atoms with Gasteiger partial charge in [-0.1, -0.05) is 15.9 Å². The molecule has 0 saturated carbocycles. The molecule has 3 nitrogen and oxygen atoms in total. The number of rotatable bonds is 3. The number of Topliss-reactive ketones (excluding diaryl/α,β-unsaturated/α-hetero) is 1. The van der Waals surface area contributed by atoms with Gasteiger partial charge in [-0.25, -0.2) is 0 Å². The quantitative estimate of drug-likeness (QED) is 0.786. The van der Waals surface area contributed by atoms with Crippen LogP contribution >= 0.6 is 15.9 Å². The van der Waals surface area contributed by atoms with Crippen LogP contribution in [0.15, 0.2) is 4.47 Å². The van der Waals surface area contributed by atoms with Gasteiger partial charge < -0.3 is 4.74 Å². The van der Waals surface area contributed by atoms with Crippen molar-refractivity contribution in [2.24, 2.45) is 5.41 Å². The van der Waals surface area contributed by atoms with E-state index in [4.69, 9.17) is 10.00 Å². The first-order chi connectivity index (χ1) is 8.68. The van der Waals surface area contributed by atoms with E-state index in [0.717, 1.165) is 21.2 Å². The summed E-state index contributed by atoms with van der Waals surface area (Å²) < 4.78 is 6.29. The maximum atomic E-state index is 12.6. The van der Waals surface area contributed by atoms with Crippen LogP contribution in [0.25, 0.3) is 0 Å². The van der Waals surface area contributed by atoms with Crippen LogP contribution in [0.1, 0.15) is 40.9 Å². The molecular weight excluding hydrogens is 306 g/mol. The first-order valence-corrected chi connectivity index (χ1v) is 6.77. The van der Waals surface area contributed by atoms with E-state index in [2.05, 4.69) is 22.0 Å². The van der Waals surface area contributed by atoms with Crippen LogP contribution in [0.2, 0.25) is 0 Å². The Morgan fingerprint density at radius 3 is 2.16 bits per heavy atom. The highest BCUT2D eigenvalue weighted by molar-refractivity contribution is 9.10. The molecule has 0 unspecified atom stereocenters. The lowest BCUT2D eigenvalue weighted by molar-refractivity contribution is 0.0887. The zero-order valence-corrected chi connectivity index (χ0v) is 13.7. The summed E-state index contributed by atoms with van der Waals surface area (Å²) in [4.78, 5) is 12.6. The minimum absolute atomic E-state index is 0.215. The standard InChI is InChI=1S/C15H18BrNO2/c1-8-9(2)13(19-6)11(10(3)12(8)16)14(18)15(4,5)7-17/h1-6H3. The van der Waals surface area contributed by atoms with Crippen molar-refractivity contribution in [1.82, 2.24) is 0 Å². The van der Waals surface area contributed by atoms with E-state index < -0.39 is 5.41 Å². The Bertz CT molecular complexity index is 583. The third kappa shape index (κ3) is 2.52. The molecule has 1 aromatic carbocycles. The molecule has 0 spiro atoms. The number of ether oxygens (including phenoxy) is 1. The van der Waals surface area contributed by atoms with Gasteiger partial charge in [0, 0.05) is 4.47 Å². The monoisotopic (exact) mass is 323 g/mol. The van der Waals surface area contributed by atoms with Crippen molar-refractivity contribution >= 4 is 21.7 Å². The molecule has 0 saturated heterocycles. The summed E-state index contributed by atoms with van der Waals surface area (Å²) in [5.74, 6) is 0.347. The van der Waals surface area contributed by atoms with Gasteiger partial charge in [0.15, 0.2) is 5.78 Å². The molecule has 0 heterocycles. The average molecular weight is 324 g/mol. The number of nitriles is 1. The lowest BCUT2D eigenvalue weighted by Crippen LogP contribution is -2.24. The fraction of sp³-hybridized carbons (Fsp3) is 0.467. The molecule has 1 rings (SSSR count). The van der Waals surface area contributed by atoms with Crippen molar-refractivity contribution in [3.63, 3.8) is 0 Å². The fourth-order valence-electron chi connectivity index (χ4n) is 1.98. The highest BCUT2D eigenvalue weighted by Gasteiger charge is 2.33. The summed E-state index contributed by atoms with van der Waals surface area (Å²) in [6.45, 7) is 8.99. The molecule has 0 N–H and O–H groups in total. The van der Waals surface area contributed by atoms with Gasteiger partial charge in [-0.2, -0.15) is 5.26 Å². The van der Waals surface area contributed by atoms with Gasteiger partial charge >= 0.3 is 0 Å². The minimum Gasteiger partial charge on any atom is -0.496 e. The third-order valence-electron chi connectivity index (χ3n) is 3.44. The number of methoxy groups -OCH3 is 1. The van der Waals surface area contributed by atoms with Crippen LogP contribution < -0.4 is 4.74 Å². The van der Waals surface area contributed by atoms with E-state index in [1.165, 1.54) is 0 Å². The maximum absolute atomic E-state index is 12.6. The van der Waals surface area contributed by atoms with E-state index >= 15 is 0 Å².